The Morgan fingerprint density at radius 2 is 0.565 bits per heavy atom. The standard InChI is InChI=1S/2C5H10.2C5H9.2Fe.Hg/c4*1-2-4-5-3-1;;;/h2*1-5H2;2*1H,2-5H2;;;. The number of hydrogen-bond donors (Lipinski definition) is 0. The van der Waals surface area contributed by atoms with Crippen molar-refractivity contribution in [2.45, 2.75) is 122 Å². The van der Waals surface area contributed by atoms with Crippen LogP contribution in [-0.2, 0) is 58.7 Å². The van der Waals surface area contributed by atoms with E-state index in [1.54, 1.807) is 51.4 Å². The Labute approximate surface area is 179 Å². The maximum atomic E-state index is 1.65. The molecule has 4 saturated carbocycles. The average molecular weight is 591 g/mol. The van der Waals surface area contributed by atoms with Crippen LogP contribution in [0.4, 0.5) is 0 Å². The van der Waals surface area contributed by atoms with Crippen LogP contribution in [0.3, 0.4) is 0 Å². The molecule has 3 heteroatoms. The third kappa shape index (κ3) is 12.9. The van der Waals surface area contributed by atoms with Crippen LogP contribution in [0.15, 0.2) is 0 Å². The van der Waals surface area contributed by atoms with Gasteiger partial charge in [-0.25, -0.2) is 0 Å². The maximum Gasteiger partial charge on any atom is 0 e. The molecule has 0 unspecified atom stereocenters. The molecule has 0 aromatic rings. The van der Waals surface area contributed by atoms with E-state index < -0.39 is 0 Å². The van der Waals surface area contributed by atoms with Crippen molar-refractivity contribution in [2.24, 2.45) is 0 Å². The van der Waals surface area contributed by atoms with Crippen LogP contribution in [0.2, 0.25) is 6.85 Å². The second kappa shape index (κ2) is 17.4. The van der Waals surface area contributed by atoms with Gasteiger partial charge in [0.25, 0.3) is 0 Å². The Kier molecular flexibility index (Phi) is 18.9. The normalized spacial score (nSPS) is 23.7. The minimum Gasteiger partial charge on any atom is 0 e. The molecule has 136 valence electrons. The Bertz CT molecular complexity index is 189. The van der Waals surface area contributed by atoms with Gasteiger partial charge in [0.2, 0.25) is 0 Å². The van der Waals surface area contributed by atoms with Gasteiger partial charge in [0.15, 0.2) is 0 Å². The van der Waals surface area contributed by atoms with Crippen molar-refractivity contribution in [3.8, 4) is 0 Å². The third-order valence-corrected chi connectivity index (χ3v) is 17.6. The second-order valence-corrected chi connectivity index (χ2v) is 18.9. The minimum absolute atomic E-state index is 0. The van der Waals surface area contributed by atoms with Gasteiger partial charge in [0.05, 0.1) is 0 Å². The molecule has 0 N–H and O–H groups in total. The van der Waals surface area contributed by atoms with Crippen molar-refractivity contribution in [1.29, 1.82) is 0 Å². The molecule has 0 aromatic carbocycles. The number of hydrogen-bond acceptors (Lipinski definition) is 0. The van der Waals surface area contributed by atoms with E-state index in [0.29, 0.717) is 0 Å². The molecular formula is C20H38Fe2Hg. The zero-order chi connectivity index (χ0) is 14.6. The van der Waals surface area contributed by atoms with Gasteiger partial charge >= 0.3 is 82.8 Å². The molecule has 4 aliphatic carbocycles. The van der Waals surface area contributed by atoms with Gasteiger partial charge in [-0.15, -0.1) is 0 Å². The zero-order valence-corrected chi connectivity index (χ0v) is 23.0. The van der Waals surface area contributed by atoms with Gasteiger partial charge in [-0.2, -0.15) is 0 Å². The largest absolute Gasteiger partial charge is 0 e. The van der Waals surface area contributed by atoms with E-state index in [2.05, 4.69) is 0 Å². The fourth-order valence-electron chi connectivity index (χ4n) is 4.73. The molecule has 0 atom stereocenters. The first kappa shape index (κ1) is 25.0. The fraction of sp³-hybridized carbons (Fsp3) is 1.00. The maximum absolute atomic E-state index is 1.65. The Morgan fingerprint density at radius 1 is 0.348 bits per heavy atom. The summed E-state index contributed by atoms with van der Waals surface area (Å²) < 4.78 is 2.72. The predicted octanol–water partition coefficient (Wildman–Crippen LogP) is 7.69. The van der Waals surface area contributed by atoms with Crippen LogP contribution in [0, 0.1) is 0 Å². The van der Waals surface area contributed by atoms with Crippen molar-refractivity contribution in [1.82, 2.24) is 0 Å². The van der Waals surface area contributed by atoms with Gasteiger partial charge in [-0.05, 0) is 0 Å². The minimum atomic E-state index is -0.367. The zero-order valence-electron chi connectivity index (χ0n) is 15.3. The van der Waals surface area contributed by atoms with Crippen molar-refractivity contribution >= 4 is 0 Å². The average Bonchev–Trinajstić information content (AvgIpc) is 3.30. The predicted molar refractivity (Wildman–Crippen MR) is 90.6 cm³/mol. The van der Waals surface area contributed by atoms with Gasteiger partial charge < -0.3 is 0 Å². The molecule has 4 fully saturated rings. The Morgan fingerprint density at radius 3 is 0.783 bits per heavy atom. The molecule has 0 radical (unpaired) electrons. The summed E-state index contributed by atoms with van der Waals surface area (Å²) in [7, 11) is 0. The molecule has 0 aromatic heterocycles. The molecule has 23 heavy (non-hydrogen) atoms. The van der Waals surface area contributed by atoms with Gasteiger partial charge in [0, 0.05) is 34.1 Å². The van der Waals surface area contributed by atoms with E-state index in [9.17, 15) is 0 Å². The first-order valence-electron chi connectivity index (χ1n) is 10.4. The summed E-state index contributed by atoms with van der Waals surface area (Å²) in [6, 6.07) is 0. The van der Waals surface area contributed by atoms with Gasteiger partial charge in [0.1, 0.15) is 0 Å². The van der Waals surface area contributed by atoms with Crippen LogP contribution in [0.25, 0.3) is 0 Å². The molecule has 0 aliphatic heterocycles. The van der Waals surface area contributed by atoms with Crippen molar-refractivity contribution in [3.05, 3.63) is 0 Å². The number of rotatable bonds is 2. The smallest absolute Gasteiger partial charge is 0 e. The van der Waals surface area contributed by atoms with Crippen LogP contribution in [-0.4, -0.2) is 0 Å². The van der Waals surface area contributed by atoms with E-state index in [1.165, 1.54) is 71.1 Å². The van der Waals surface area contributed by atoms with Crippen LogP contribution in [0.5, 0.6) is 0 Å². The quantitative estimate of drug-likeness (QED) is 0.289. The summed E-state index contributed by atoms with van der Waals surface area (Å²) in [6.45, 7) is 0. The van der Waals surface area contributed by atoms with Crippen molar-refractivity contribution in [2.75, 3.05) is 0 Å². The van der Waals surface area contributed by atoms with Crippen molar-refractivity contribution in [3.63, 3.8) is 0 Å². The summed E-state index contributed by atoms with van der Waals surface area (Å²) in [5, 5.41) is 0. The summed E-state index contributed by atoms with van der Waals surface area (Å²) in [5.74, 6) is 0. The summed E-state index contributed by atoms with van der Waals surface area (Å²) in [6.07, 6.45) is 27.9. The molecule has 4 aliphatic rings. The van der Waals surface area contributed by atoms with E-state index >= 15 is 0 Å². The molecule has 4 rings (SSSR count). The topological polar surface area (TPSA) is 0 Å². The molecule has 0 bridgehead atoms. The SMILES string of the molecule is C1CCCC1.C1CCCC1.C1CC[CH]([Hg][CH]2CCCC2)C1.[Fe].[Fe]. The first-order valence-corrected chi connectivity index (χ1v) is 16.8. The molecular weight excluding hydrogens is 553 g/mol. The fourth-order valence-corrected chi connectivity index (χ4v) is 16.6. The van der Waals surface area contributed by atoms with Gasteiger partial charge in [-0.3, -0.25) is 0 Å². The van der Waals surface area contributed by atoms with Crippen LogP contribution >= 0.6 is 0 Å². The Hall–Kier alpha value is 1.97. The molecule has 0 heterocycles. The first-order chi connectivity index (χ1) is 10.4. The molecule has 0 amide bonds. The van der Waals surface area contributed by atoms with Gasteiger partial charge in [-0.1, -0.05) is 64.2 Å². The van der Waals surface area contributed by atoms with E-state index in [1.807, 2.05) is 0 Å². The Balaban J connectivity index is 0.000000342. The molecule has 0 spiro atoms. The summed E-state index contributed by atoms with van der Waals surface area (Å²) in [4.78, 5) is 0. The molecule has 0 nitrogen and oxygen atoms in total. The molecule has 0 saturated heterocycles. The summed E-state index contributed by atoms with van der Waals surface area (Å²) >= 11 is -0.367. The second-order valence-electron chi connectivity index (χ2n) is 8.07. The third-order valence-electron chi connectivity index (χ3n) is 6.12. The van der Waals surface area contributed by atoms with Crippen LogP contribution < -0.4 is 0 Å². The van der Waals surface area contributed by atoms with Crippen molar-refractivity contribution < 1.29 is 58.7 Å². The van der Waals surface area contributed by atoms with Crippen LogP contribution in [0.1, 0.15) is 116 Å². The summed E-state index contributed by atoms with van der Waals surface area (Å²) in [5.41, 5.74) is 0. The van der Waals surface area contributed by atoms with E-state index in [0.717, 1.165) is 0 Å². The monoisotopic (exact) mass is 592 g/mol. The van der Waals surface area contributed by atoms with E-state index in [-0.39, 0.29) is 58.7 Å². The van der Waals surface area contributed by atoms with E-state index in [4.69, 9.17) is 0 Å².